The summed E-state index contributed by atoms with van der Waals surface area (Å²) < 4.78 is 53.6. The van der Waals surface area contributed by atoms with Crippen molar-refractivity contribution < 1.29 is 27.0 Å². The molecule has 1 aromatic rings. The van der Waals surface area contributed by atoms with Crippen LogP contribution in [0.25, 0.3) is 0 Å². The summed E-state index contributed by atoms with van der Waals surface area (Å²) in [6, 6.07) is 6.27. The molecule has 2 atom stereocenters. The Bertz CT molecular complexity index is 637. The third-order valence-electron chi connectivity index (χ3n) is 4.02. The van der Waals surface area contributed by atoms with Crippen LogP contribution in [-0.4, -0.2) is 68.4 Å². The topological polar surface area (TPSA) is 70.1 Å². The van der Waals surface area contributed by atoms with E-state index in [1.807, 2.05) is 4.90 Å². The summed E-state index contributed by atoms with van der Waals surface area (Å²) in [5.41, 5.74) is 0.875. The molecule has 6 nitrogen and oxygen atoms in total. The van der Waals surface area contributed by atoms with Crippen LogP contribution in [0.1, 0.15) is 5.56 Å². The number of hydrogen-bond donors (Lipinski definition) is 1. The molecular formula is C15H22F2N2O4S. The van der Waals surface area contributed by atoms with E-state index in [2.05, 4.69) is 4.74 Å². The number of hydrogen-bond acceptors (Lipinski definition) is 5. The minimum Gasteiger partial charge on any atom is -0.435 e. The Morgan fingerprint density at radius 1 is 1.29 bits per heavy atom. The van der Waals surface area contributed by atoms with Gasteiger partial charge < -0.3 is 9.84 Å². The van der Waals surface area contributed by atoms with E-state index < -0.39 is 22.7 Å². The predicted octanol–water partition coefficient (Wildman–Crippen LogP) is 0.972. The van der Waals surface area contributed by atoms with Gasteiger partial charge in [0.25, 0.3) is 0 Å². The Labute approximate surface area is 140 Å². The van der Waals surface area contributed by atoms with Gasteiger partial charge in [0.15, 0.2) is 0 Å². The predicted molar refractivity (Wildman–Crippen MR) is 85.3 cm³/mol. The zero-order chi connectivity index (χ0) is 17.9. The quantitative estimate of drug-likeness (QED) is 0.781. The van der Waals surface area contributed by atoms with Gasteiger partial charge in [0, 0.05) is 39.6 Å². The van der Waals surface area contributed by atoms with Crippen molar-refractivity contribution in [1.29, 1.82) is 0 Å². The van der Waals surface area contributed by atoms with E-state index in [4.69, 9.17) is 0 Å². The molecule has 24 heavy (non-hydrogen) atoms. The fourth-order valence-corrected chi connectivity index (χ4v) is 3.86. The van der Waals surface area contributed by atoms with Crippen LogP contribution in [0.4, 0.5) is 8.78 Å². The lowest BCUT2D eigenvalue weighted by atomic mass is 10.1. The minimum absolute atomic E-state index is 0.0881. The zero-order valence-electron chi connectivity index (χ0n) is 13.6. The Hall–Kier alpha value is -1.29. The van der Waals surface area contributed by atoms with E-state index in [0.717, 1.165) is 9.87 Å². The van der Waals surface area contributed by atoms with Gasteiger partial charge in [-0.3, -0.25) is 4.90 Å². The average molecular weight is 364 g/mol. The van der Waals surface area contributed by atoms with Gasteiger partial charge in [-0.05, 0) is 17.7 Å². The van der Waals surface area contributed by atoms with E-state index in [9.17, 15) is 22.3 Å². The Morgan fingerprint density at radius 3 is 2.46 bits per heavy atom. The summed E-state index contributed by atoms with van der Waals surface area (Å²) in [6.45, 7) is -1.51. The maximum absolute atomic E-state index is 12.1. The molecule has 0 aliphatic carbocycles. The second kappa shape index (κ2) is 7.73. The smallest absolute Gasteiger partial charge is 0.387 e. The lowest BCUT2D eigenvalue weighted by Gasteiger charge is -2.18. The summed E-state index contributed by atoms with van der Waals surface area (Å²) >= 11 is 0. The molecular weight excluding hydrogens is 342 g/mol. The van der Waals surface area contributed by atoms with Crippen molar-refractivity contribution in [2.24, 2.45) is 5.92 Å². The number of likely N-dealkylation sites (tertiary alicyclic amines) is 1. The molecule has 1 fully saturated rings. The van der Waals surface area contributed by atoms with Crippen molar-refractivity contribution >= 4 is 10.0 Å². The monoisotopic (exact) mass is 364 g/mol. The standard InChI is InChI=1S/C15H22F2N2O4S/c1-18(2)24(21,22)10-12-8-19(9-14(12)20)7-11-3-5-13(6-4-11)23-15(16)17/h3-6,12,14-15,20H,7-10H2,1-2H3/t12-,14+/m0/s1. The number of halogens is 2. The molecule has 0 aromatic heterocycles. The van der Waals surface area contributed by atoms with Gasteiger partial charge in [0.1, 0.15) is 5.75 Å². The van der Waals surface area contributed by atoms with Crippen LogP contribution in [0.3, 0.4) is 0 Å². The van der Waals surface area contributed by atoms with Gasteiger partial charge in [-0.2, -0.15) is 8.78 Å². The molecule has 0 bridgehead atoms. The Morgan fingerprint density at radius 2 is 1.92 bits per heavy atom. The first kappa shape index (κ1) is 19.0. The van der Waals surface area contributed by atoms with Gasteiger partial charge in [0.05, 0.1) is 11.9 Å². The molecule has 1 aromatic carbocycles. The van der Waals surface area contributed by atoms with Gasteiger partial charge in [0.2, 0.25) is 10.0 Å². The number of benzene rings is 1. The van der Waals surface area contributed by atoms with Gasteiger partial charge >= 0.3 is 6.61 Å². The molecule has 1 saturated heterocycles. The average Bonchev–Trinajstić information content (AvgIpc) is 2.79. The molecule has 1 heterocycles. The SMILES string of the molecule is CN(C)S(=O)(=O)C[C@@H]1CN(Cc2ccc(OC(F)F)cc2)C[C@H]1O. The minimum atomic E-state index is -3.37. The second-order valence-electron chi connectivity index (χ2n) is 6.10. The van der Waals surface area contributed by atoms with E-state index in [0.29, 0.717) is 19.6 Å². The summed E-state index contributed by atoms with van der Waals surface area (Å²) in [5, 5.41) is 10.1. The summed E-state index contributed by atoms with van der Waals surface area (Å²) in [6.07, 6.45) is -0.707. The highest BCUT2D eigenvalue weighted by Gasteiger charge is 2.35. The molecule has 0 radical (unpaired) electrons. The van der Waals surface area contributed by atoms with Crippen LogP contribution < -0.4 is 4.74 Å². The number of ether oxygens (including phenoxy) is 1. The highest BCUT2D eigenvalue weighted by Crippen LogP contribution is 2.23. The van der Waals surface area contributed by atoms with Crippen molar-refractivity contribution in [2.75, 3.05) is 32.9 Å². The summed E-state index contributed by atoms with van der Waals surface area (Å²) in [4.78, 5) is 1.95. The first-order valence-corrected chi connectivity index (χ1v) is 9.12. The third kappa shape index (κ3) is 5.10. The summed E-state index contributed by atoms with van der Waals surface area (Å²) in [7, 11) is -0.429. The molecule has 9 heteroatoms. The van der Waals surface area contributed by atoms with Crippen molar-refractivity contribution in [2.45, 2.75) is 19.3 Å². The molecule has 0 spiro atoms. The highest BCUT2D eigenvalue weighted by molar-refractivity contribution is 7.89. The van der Waals surface area contributed by atoms with Crippen LogP contribution in [0.15, 0.2) is 24.3 Å². The van der Waals surface area contributed by atoms with E-state index in [1.54, 1.807) is 12.1 Å². The maximum atomic E-state index is 12.1. The molecule has 0 amide bonds. The largest absolute Gasteiger partial charge is 0.435 e. The van der Waals surface area contributed by atoms with Crippen molar-refractivity contribution in [3.05, 3.63) is 29.8 Å². The van der Waals surface area contributed by atoms with Crippen molar-refractivity contribution in [1.82, 2.24) is 9.21 Å². The van der Waals surface area contributed by atoms with Crippen molar-refractivity contribution in [3.63, 3.8) is 0 Å². The number of β-amino-alcohol motifs (C(OH)–C–C–N with tert-alkyl or cyclic N) is 1. The first-order valence-electron chi connectivity index (χ1n) is 7.52. The van der Waals surface area contributed by atoms with Crippen LogP contribution in [0.5, 0.6) is 5.75 Å². The molecule has 1 N–H and O–H groups in total. The van der Waals surface area contributed by atoms with Gasteiger partial charge in [-0.25, -0.2) is 12.7 Å². The van der Waals surface area contributed by atoms with Gasteiger partial charge in [-0.1, -0.05) is 12.1 Å². The van der Waals surface area contributed by atoms with Crippen LogP contribution >= 0.6 is 0 Å². The van der Waals surface area contributed by atoms with Crippen LogP contribution in [0.2, 0.25) is 0 Å². The fraction of sp³-hybridized carbons (Fsp3) is 0.600. The number of aliphatic hydroxyl groups excluding tert-OH is 1. The molecule has 0 saturated carbocycles. The van der Waals surface area contributed by atoms with E-state index >= 15 is 0 Å². The molecule has 0 unspecified atom stereocenters. The maximum Gasteiger partial charge on any atom is 0.387 e. The lowest BCUT2D eigenvalue weighted by molar-refractivity contribution is -0.0498. The van der Waals surface area contributed by atoms with Crippen molar-refractivity contribution in [3.8, 4) is 5.75 Å². The molecule has 1 aliphatic heterocycles. The molecule has 1 aliphatic rings. The van der Waals surface area contributed by atoms with E-state index in [1.165, 1.54) is 26.2 Å². The molecule has 136 valence electrons. The Balaban J connectivity index is 1.93. The lowest BCUT2D eigenvalue weighted by Crippen LogP contribution is -2.33. The highest BCUT2D eigenvalue weighted by atomic mass is 32.2. The fourth-order valence-electron chi connectivity index (χ4n) is 2.69. The number of nitrogens with zero attached hydrogens (tertiary/aromatic N) is 2. The second-order valence-corrected chi connectivity index (χ2v) is 8.33. The Kier molecular flexibility index (Phi) is 6.13. The van der Waals surface area contributed by atoms with Crippen LogP contribution in [-0.2, 0) is 16.6 Å². The van der Waals surface area contributed by atoms with Gasteiger partial charge in [-0.15, -0.1) is 0 Å². The molecule has 2 rings (SSSR count). The normalized spacial score (nSPS) is 22.5. The number of sulfonamides is 1. The first-order chi connectivity index (χ1) is 11.2. The third-order valence-corrected chi connectivity index (χ3v) is 5.98. The zero-order valence-corrected chi connectivity index (χ0v) is 14.4. The number of rotatable bonds is 7. The van der Waals surface area contributed by atoms with Crippen LogP contribution in [0, 0.1) is 5.92 Å². The number of aliphatic hydroxyl groups is 1. The summed E-state index contributed by atoms with van der Waals surface area (Å²) in [5.74, 6) is -0.359. The van der Waals surface area contributed by atoms with E-state index in [-0.39, 0.29) is 17.4 Å². The number of alkyl halides is 2.